The monoisotopic (exact) mass is 207 g/mol. The molecule has 0 aliphatic heterocycles. The van der Waals surface area contributed by atoms with Crippen molar-refractivity contribution in [2.75, 3.05) is 0 Å². The van der Waals surface area contributed by atoms with Crippen LogP contribution in [0.3, 0.4) is 0 Å². The molecule has 2 fully saturated rings. The van der Waals surface area contributed by atoms with Crippen molar-refractivity contribution in [1.29, 1.82) is 0 Å². The summed E-state index contributed by atoms with van der Waals surface area (Å²) >= 11 is 0. The highest BCUT2D eigenvalue weighted by Crippen LogP contribution is 2.76. The van der Waals surface area contributed by atoms with Crippen LogP contribution in [-0.4, -0.2) is 0 Å². The summed E-state index contributed by atoms with van der Waals surface area (Å²) in [6, 6.07) is 0. The van der Waals surface area contributed by atoms with E-state index in [4.69, 9.17) is 0 Å². The van der Waals surface area contributed by atoms with Gasteiger partial charge in [-0.05, 0) is 35.5 Å². The van der Waals surface area contributed by atoms with Gasteiger partial charge in [-0.25, -0.2) is 0 Å². The van der Waals surface area contributed by atoms with Crippen molar-refractivity contribution in [2.45, 2.75) is 53.9 Å². The third-order valence-corrected chi connectivity index (χ3v) is 5.40. The minimum atomic E-state index is 0.771. The molecular weight excluding hydrogens is 180 g/mol. The minimum Gasteiger partial charge on any atom is -0.0619 e. The molecule has 2 aliphatic carbocycles. The Balaban J connectivity index is 1.81. The van der Waals surface area contributed by atoms with Crippen molar-refractivity contribution >= 4 is 0 Å². The Kier molecular flexibility index (Phi) is 2.81. The summed E-state index contributed by atoms with van der Waals surface area (Å²) in [6.07, 6.45) is 6.72. The Morgan fingerprint density at radius 1 is 1.20 bits per heavy atom. The minimum absolute atomic E-state index is 0.771. The van der Waals surface area contributed by atoms with Crippen molar-refractivity contribution in [2.24, 2.45) is 35.0 Å². The summed E-state index contributed by atoms with van der Waals surface area (Å²) in [4.78, 5) is 0. The van der Waals surface area contributed by atoms with Crippen LogP contribution in [0.25, 0.3) is 0 Å². The average molecular weight is 207 g/mol. The van der Waals surface area contributed by atoms with E-state index in [1.165, 1.54) is 19.3 Å². The molecule has 15 heavy (non-hydrogen) atoms. The molecule has 2 rings (SSSR count). The molecular formula is C15H27+. The summed E-state index contributed by atoms with van der Waals surface area (Å²) in [5.41, 5.74) is 0.771. The second-order valence-electron chi connectivity index (χ2n) is 6.59. The Morgan fingerprint density at radius 3 is 2.20 bits per heavy atom. The zero-order chi connectivity index (χ0) is 11.2. The maximum absolute atomic E-state index is 2.55. The third-order valence-electron chi connectivity index (χ3n) is 5.40. The van der Waals surface area contributed by atoms with Crippen molar-refractivity contribution in [1.82, 2.24) is 0 Å². The van der Waals surface area contributed by atoms with Crippen LogP contribution < -0.4 is 0 Å². The van der Waals surface area contributed by atoms with Crippen molar-refractivity contribution in [3.63, 3.8) is 0 Å². The van der Waals surface area contributed by atoms with Crippen LogP contribution in [0.5, 0.6) is 0 Å². The van der Waals surface area contributed by atoms with Crippen LogP contribution in [0, 0.1) is 41.4 Å². The maximum atomic E-state index is 2.55. The van der Waals surface area contributed by atoms with Gasteiger partial charge in [-0.2, -0.15) is 0 Å². The number of hydrogen-bond acceptors (Lipinski definition) is 0. The molecule has 0 amide bonds. The van der Waals surface area contributed by atoms with E-state index in [2.05, 4.69) is 41.0 Å². The van der Waals surface area contributed by atoms with Gasteiger partial charge in [-0.1, -0.05) is 34.6 Å². The van der Waals surface area contributed by atoms with Crippen molar-refractivity contribution in [3.05, 3.63) is 6.42 Å². The first kappa shape index (κ1) is 11.4. The predicted octanol–water partition coefficient (Wildman–Crippen LogP) is 4.56. The van der Waals surface area contributed by atoms with Crippen LogP contribution >= 0.6 is 0 Å². The topological polar surface area (TPSA) is 0 Å². The van der Waals surface area contributed by atoms with Gasteiger partial charge in [0.25, 0.3) is 0 Å². The second-order valence-corrected chi connectivity index (χ2v) is 6.59. The molecule has 0 aromatic carbocycles. The first-order valence-electron chi connectivity index (χ1n) is 6.82. The standard InChI is InChI=1S/C15H27/c1-10(2)7-6-8-14-13(5)15(14)11(3)9-12(15)4/h6,10-14H,7-9H2,1-5H3/q+1. The molecule has 0 saturated heterocycles. The smallest absolute Gasteiger partial charge is 0.0619 e. The fraction of sp³-hybridized carbons (Fsp3) is 0.933. The van der Waals surface area contributed by atoms with E-state index in [1.807, 2.05) is 0 Å². The summed E-state index contributed by atoms with van der Waals surface area (Å²) in [7, 11) is 0. The Labute approximate surface area is 95.8 Å². The quantitative estimate of drug-likeness (QED) is 0.593. The predicted molar refractivity (Wildman–Crippen MR) is 66.4 cm³/mol. The van der Waals surface area contributed by atoms with Gasteiger partial charge in [-0.15, -0.1) is 0 Å². The van der Waals surface area contributed by atoms with Gasteiger partial charge in [0, 0.05) is 5.92 Å². The summed E-state index contributed by atoms with van der Waals surface area (Å²) in [5.74, 6) is 4.86. The van der Waals surface area contributed by atoms with E-state index in [0.717, 1.165) is 35.0 Å². The lowest BCUT2D eigenvalue weighted by atomic mass is 9.61. The maximum Gasteiger partial charge on any atom is 0.0912 e. The van der Waals surface area contributed by atoms with E-state index >= 15 is 0 Å². The molecule has 0 radical (unpaired) electrons. The molecule has 0 nitrogen and oxygen atoms in total. The Hall–Kier alpha value is -0.130. The van der Waals surface area contributed by atoms with E-state index in [-0.39, 0.29) is 0 Å². The fourth-order valence-corrected chi connectivity index (χ4v) is 4.62. The lowest BCUT2D eigenvalue weighted by Gasteiger charge is -2.44. The highest BCUT2D eigenvalue weighted by molar-refractivity contribution is 5.19. The van der Waals surface area contributed by atoms with Crippen LogP contribution in [0.15, 0.2) is 0 Å². The lowest BCUT2D eigenvalue weighted by molar-refractivity contribution is 0.0451. The fourth-order valence-electron chi connectivity index (χ4n) is 4.62. The SMILES string of the molecule is CC(C)C[CH+]CC1C(C)C12C(C)CC2C. The summed E-state index contributed by atoms with van der Waals surface area (Å²) < 4.78 is 0. The van der Waals surface area contributed by atoms with Gasteiger partial charge in [0.1, 0.15) is 0 Å². The molecule has 86 valence electrons. The van der Waals surface area contributed by atoms with Crippen LogP contribution in [-0.2, 0) is 0 Å². The van der Waals surface area contributed by atoms with Gasteiger partial charge in [0.15, 0.2) is 0 Å². The first-order chi connectivity index (χ1) is 7.01. The normalized spacial score (nSPS) is 48.1. The molecule has 0 heterocycles. The first-order valence-corrected chi connectivity index (χ1v) is 6.82. The summed E-state index contributed by atoms with van der Waals surface area (Å²) in [6.45, 7) is 12.1. The van der Waals surface area contributed by atoms with Crippen LogP contribution in [0.2, 0.25) is 0 Å². The zero-order valence-electron chi connectivity index (χ0n) is 11.1. The summed E-state index contributed by atoms with van der Waals surface area (Å²) in [5, 5.41) is 0. The molecule has 1 spiro atoms. The molecule has 0 aromatic rings. The van der Waals surface area contributed by atoms with E-state index in [0.29, 0.717) is 0 Å². The average Bonchev–Trinajstić information content (AvgIpc) is 2.75. The molecule has 4 unspecified atom stereocenters. The van der Waals surface area contributed by atoms with E-state index < -0.39 is 0 Å². The number of rotatable bonds is 4. The van der Waals surface area contributed by atoms with Crippen molar-refractivity contribution in [3.8, 4) is 0 Å². The van der Waals surface area contributed by atoms with Crippen molar-refractivity contribution < 1.29 is 0 Å². The molecule has 2 aliphatic rings. The van der Waals surface area contributed by atoms with Gasteiger partial charge < -0.3 is 0 Å². The molecule has 0 aromatic heterocycles. The largest absolute Gasteiger partial charge is 0.0912 e. The van der Waals surface area contributed by atoms with Gasteiger partial charge in [0.2, 0.25) is 0 Å². The highest BCUT2D eigenvalue weighted by atomic mass is 14.7. The highest BCUT2D eigenvalue weighted by Gasteiger charge is 2.72. The Bertz CT molecular complexity index is 220. The van der Waals surface area contributed by atoms with Gasteiger partial charge in [0.05, 0.1) is 19.3 Å². The second kappa shape index (κ2) is 3.71. The molecule has 2 saturated carbocycles. The van der Waals surface area contributed by atoms with E-state index in [1.54, 1.807) is 0 Å². The third kappa shape index (κ3) is 1.52. The van der Waals surface area contributed by atoms with Crippen LogP contribution in [0.4, 0.5) is 0 Å². The Morgan fingerprint density at radius 2 is 1.80 bits per heavy atom. The molecule has 0 heteroatoms. The number of hydrogen-bond donors (Lipinski definition) is 0. The van der Waals surface area contributed by atoms with Crippen LogP contribution in [0.1, 0.15) is 53.9 Å². The van der Waals surface area contributed by atoms with Gasteiger partial charge >= 0.3 is 0 Å². The molecule has 0 bridgehead atoms. The van der Waals surface area contributed by atoms with E-state index in [9.17, 15) is 0 Å². The molecule has 4 atom stereocenters. The lowest BCUT2D eigenvalue weighted by Crippen LogP contribution is -2.37. The zero-order valence-corrected chi connectivity index (χ0v) is 11.1. The van der Waals surface area contributed by atoms with Gasteiger partial charge in [-0.3, -0.25) is 0 Å². The molecule has 0 N–H and O–H groups in total.